The van der Waals surface area contributed by atoms with Crippen molar-refractivity contribution in [2.45, 2.75) is 19.4 Å². The highest BCUT2D eigenvalue weighted by Gasteiger charge is 2.26. The number of anilines is 1. The highest BCUT2D eigenvalue weighted by atomic mass is 16.5. The van der Waals surface area contributed by atoms with E-state index in [0.717, 1.165) is 5.56 Å². The predicted molar refractivity (Wildman–Crippen MR) is 75.4 cm³/mol. The second-order valence-electron chi connectivity index (χ2n) is 5.12. The number of hydrogen-bond donors (Lipinski definition) is 1. The molecule has 0 saturated carbocycles. The number of nitrogens with zero attached hydrogens (tertiary/aromatic N) is 4. The number of hydrogen-bond acceptors (Lipinski definition) is 6. The summed E-state index contributed by atoms with van der Waals surface area (Å²) < 4.78 is 12.2. The minimum atomic E-state index is -0.359. The number of aromatic nitrogens is 4. The van der Waals surface area contributed by atoms with Crippen LogP contribution in [0.25, 0.3) is 11.4 Å². The Balaban J connectivity index is 2.47. The molecule has 2 aromatic rings. The summed E-state index contributed by atoms with van der Waals surface area (Å²) in [6.07, 6.45) is 0. The minimum absolute atomic E-state index is 0.359. The van der Waals surface area contributed by atoms with Crippen molar-refractivity contribution in [2.75, 3.05) is 26.6 Å². The second-order valence-corrected chi connectivity index (χ2v) is 5.12. The summed E-state index contributed by atoms with van der Waals surface area (Å²) in [4.78, 5) is 0. The molecule has 0 aliphatic heterocycles. The normalized spacial score (nSPS) is 11.6. The molecular weight excluding hydrogens is 258 g/mol. The van der Waals surface area contributed by atoms with Crippen LogP contribution in [0.5, 0.6) is 5.75 Å². The van der Waals surface area contributed by atoms with E-state index in [9.17, 15) is 0 Å². The molecule has 7 nitrogen and oxygen atoms in total. The first-order valence-corrected chi connectivity index (χ1v) is 6.21. The molecule has 0 spiro atoms. The zero-order valence-electron chi connectivity index (χ0n) is 12.1. The molecular formula is C13H19N5O2. The monoisotopic (exact) mass is 277 g/mol. The highest BCUT2D eigenvalue weighted by molar-refractivity contribution is 5.65. The van der Waals surface area contributed by atoms with E-state index in [2.05, 4.69) is 15.5 Å². The first kappa shape index (κ1) is 14.3. The summed E-state index contributed by atoms with van der Waals surface area (Å²) in [5, 5.41) is 11.9. The van der Waals surface area contributed by atoms with Crippen molar-refractivity contribution in [3.8, 4) is 17.1 Å². The van der Waals surface area contributed by atoms with E-state index in [1.165, 1.54) is 0 Å². The topological polar surface area (TPSA) is 88.1 Å². The van der Waals surface area contributed by atoms with Gasteiger partial charge in [0.25, 0.3) is 0 Å². The Labute approximate surface area is 117 Å². The maximum Gasteiger partial charge on any atom is 0.182 e. The summed E-state index contributed by atoms with van der Waals surface area (Å²) in [5.41, 5.74) is 6.88. The van der Waals surface area contributed by atoms with Crippen molar-refractivity contribution in [2.24, 2.45) is 0 Å². The lowest BCUT2D eigenvalue weighted by Gasteiger charge is -2.24. The average molecular weight is 277 g/mol. The van der Waals surface area contributed by atoms with Gasteiger partial charge in [-0.1, -0.05) is 0 Å². The summed E-state index contributed by atoms with van der Waals surface area (Å²) in [6.45, 7) is 4.51. The molecule has 7 heteroatoms. The fraction of sp³-hybridized carbons (Fsp3) is 0.462. The van der Waals surface area contributed by atoms with Crippen LogP contribution in [0.2, 0.25) is 0 Å². The number of nitrogens with two attached hydrogens (primary N) is 1. The molecule has 20 heavy (non-hydrogen) atoms. The van der Waals surface area contributed by atoms with Gasteiger partial charge >= 0.3 is 0 Å². The van der Waals surface area contributed by atoms with Gasteiger partial charge in [-0.3, -0.25) is 0 Å². The molecule has 0 amide bonds. The quantitative estimate of drug-likeness (QED) is 0.829. The van der Waals surface area contributed by atoms with Crippen molar-refractivity contribution >= 4 is 5.69 Å². The Morgan fingerprint density at radius 3 is 2.70 bits per heavy atom. The maximum absolute atomic E-state index is 5.82. The lowest BCUT2D eigenvalue weighted by molar-refractivity contribution is 0.101. The first-order chi connectivity index (χ1) is 9.49. The Morgan fingerprint density at radius 2 is 2.05 bits per heavy atom. The second kappa shape index (κ2) is 5.46. The van der Waals surface area contributed by atoms with E-state index >= 15 is 0 Å². The van der Waals surface area contributed by atoms with Gasteiger partial charge < -0.3 is 15.2 Å². The molecule has 108 valence electrons. The van der Waals surface area contributed by atoms with Crippen molar-refractivity contribution in [1.29, 1.82) is 0 Å². The van der Waals surface area contributed by atoms with Crippen LogP contribution in [0, 0.1) is 0 Å². The Kier molecular flexibility index (Phi) is 3.89. The largest absolute Gasteiger partial charge is 0.495 e. The van der Waals surface area contributed by atoms with Crippen molar-refractivity contribution in [3.05, 3.63) is 18.2 Å². The van der Waals surface area contributed by atoms with E-state index in [-0.39, 0.29) is 5.54 Å². The number of tetrazole rings is 1. The molecule has 0 bridgehead atoms. The third-order valence-electron chi connectivity index (χ3n) is 3.03. The lowest BCUT2D eigenvalue weighted by atomic mass is 10.1. The summed E-state index contributed by atoms with van der Waals surface area (Å²) >= 11 is 0. The van der Waals surface area contributed by atoms with E-state index in [4.69, 9.17) is 15.2 Å². The van der Waals surface area contributed by atoms with Crippen LogP contribution < -0.4 is 10.5 Å². The molecule has 0 radical (unpaired) electrons. The first-order valence-electron chi connectivity index (χ1n) is 6.21. The molecule has 0 saturated heterocycles. The third kappa shape index (κ3) is 2.57. The Bertz CT molecular complexity index is 594. The van der Waals surface area contributed by atoms with Gasteiger partial charge in [0.05, 0.1) is 24.9 Å². The van der Waals surface area contributed by atoms with E-state index in [1.54, 1.807) is 25.0 Å². The molecule has 0 atom stereocenters. The van der Waals surface area contributed by atoms with E-state index in [1.807, 2.05) is 26.0 Å². The fourth-order valence-corrected chi connectivity index (χ4v) is 2.04. The van der Waals surface area contributed by atoms with Gasteiger partial charge in [-0.2, -0.15) is 0 Å². The van der Waals surface area contributed by atoms with Gasteiger partial charge in [-0.25, -0.2) is 4.68 Å². The van der Waals surface area contributed by atoms with Crippen LogP contribution in [0.15, 0.2) is 18.2 Å². The molecule has 0 unspecified atom stereocenters. The van der Waals surface area contributed by atoms with Crippen molar-refractivity contribution in [1.82, 2.24) is 20.2 Å². The molecule has 1 aromatic heterocycles. The predicted octanol–water partition coefficient (Wildman–Crippen LogP) is 1.31. The molecule has 2 rings (SSSR count). The van der Waals surface area contributed by atoms with Crippen LogP contribution in [0.4, 0.5) is 5.69 Å². The number of nitrogen functional groups attached to an aromatic ring is 1. The smallest absolute Gasteiger partial charge is 0.182 e. The van der Waals surface area contributed by atoms with Gasteiger partial charge in [-0.05, 0) is 42.5 Å². The maximum atomic E-state index is 5.82. The molecule has 1 heterocycles. The van der Waals surface area contributed by atoms with Crippen LogP contribution in [-0.2, 0) is 10.3 Å². The van der Waals surface area contributed by atoms with Crippen molar-refractivity contribution < 1.29 is 9.47 Å². The van der Waals surface area contributed by atoms with Gasteiger partial charge in [0, 0.05) is 12.7 Å². The Morgan fingerprint density at radius 1 is 1.30 bits per heavy atom. The number of rotatable bonds is 5. The highest BCUT2D eigenvalue weighted by Crippen LogP contribution is 2.29. The van der Waals surface area contributed by atoms with Crippen LogP contribution in [0.1, 0.15) is 13.8 Å². The van der Waals surface area contributed by atoms with Gasteiger partial charge in [0.2, 0.25) is 0 Å². The van der Waals surface area contributed by atoms with Crippen LogP contribution in [-0.4, -0.2) is 41.0 Å². The van der Waals surface area contributed by atoms with E-state index < -0.39 is 0 Å². The third-order valence-corrected chi connectivity index (χ3v) is 3.03. The fourth-order valence-electron chi connectivity index (χ4n) is 2.04. The number of benzene rings is 1. The SMILES string of the molecule is COCC(C)(C)n1nnnc1-c1ccc(N)c(OC)c1. The lowest BCUT2D eigenvalue weighted by Crippen LogP contribution is -2.33. The number of ether oxygens (including phenoxy) is 2. The van der Waals surface area contributed by atoms with Crippen LogP contribution >= 0.6 is 0 Å². The molecule has 0 fully saturated rings. The van der Waals surface area contributed by atoms with Gasteiger partial charge in [-0.15, -0.1) is 5.10 Å². The molecule has 2 N–H and O–H groups in total. The summed E-state index contributed by atoms with van der Waals surface area (Å²) in [6, 6.07) is 5.46. The average Bonchev–Trinajstić information content (AvgIpc) is 2.89. The minimum Gasteiger partial charge on any atom is -0.495 e. The van der Waals surface area contributed by atoms with E-state index in [0.29, 0.717) is 23.9 Å². The summed E-state index contributed by atoms with van der Waals surface area (Å²) in [5.74, 6) is 1.24. The van der Waals surface area contributed by atoms with Crippen LogP contribution in [0.3, 0.4) is 0 Å². The standard InChI is InChI=1S/C13H19N5O2/c1-13(2,8-19-3)18-12(15-16-17-18)9-5-6-10(14)11(7-9)20-4/h5-7H,8,14H2,1-4H3. The summed E-state index contributed by atoms with van der Waals surface area (Å²) in [7, 11) is 3.23. The zero-order chi connectivity index (χ0) is 14.8. The Hall–Kier alpha value is -2.15. The van der Waals surface area contributed by atoms with Crippen molar-refractivity contribution in [3.63, 3.8) is 0 Å². The molecule has 0 aliphatic carbocycles. The molecule has 1 aromatic carbocycles. The van der Waals surface area contributed by atoms with Gasteiger partial charge in [0.15, 0.2) is 5.82 Å². The number of methoxy groups -OCH3 is 2. The zero-order valence-corrected chi connectivity index (χ0v) is 12.1. The van der Waals surface area contributed by atoms with Gasteiger partial charge in [0.1, 0.15) is 5.75 Å². The molecule has 0 aliphatic rings.